The van der Waals surface area contributed by atoms with Crippen molar-refractivity contribution in [1.82, 2.24) is 14.7 Å². The summed E-state index contributed by atoms with van der Waals surface area (Å²) in [4.78, 5) is 2.71. The maximum absolute atomic E-state index is 6.20. The van der Waals surface area contributed by atoms with Crippen LogP contribution in [0.15, 0.2) is 6.20 Å². The smallest absolute Gasteiger partial charge is 0.0666 e. The van der Waals surface area contributed by atoms with E-state index in [1.807, 2.05) is 11.7 Å². The van der Waals surface area contributed by atoms with Crippen LogP contribution in [0.1, 0.15) is 50.3 Å². The summed E-state index contributed by atoms with van der Waals surface area (Å²) in [5.41, 5.74) is 8.87. The van der Waals surface area contributed by atoms with Crippen molar-refractivity contribution in [1.29, 1.82) is 0 Å². The van der Waals surface area contributed by atoms with Crippen LogP contribution < -0.4 is 5.73 Å². The third-order valence-electron chi connectivity index (χ3n) is 4.84. The van der Waals surface area contributed by atoms with Crippen LogP contribution in [0, 0.1) is 0 Å². The minimum atomic E-state index is 0.422. The first kappa shape index (κ1) is 13.1. The number of aryl methyl sites for hydroxylation is 2. The number of hydrogen-bond acceptors (Lipinski definition) is 3. The lowest BCUT2D eigenvalue weighted by atomic mass is 9.82. The van der Waals surface area contributed by atoms with Gasteiger partial charge in [-0.3, -0.25) is 9.58 Å². The van der Waals surface area contributed by atoms with Crippen LogP contribution >= 0.6 is 0 Å². The standard InChI is InChI=1S/C15H26N4/c1-3-15-11(9-18(2)17-15)10-19-13-5-4-6-14(19)8-12(16)7-13/h9,12-14H,3-8,10,16H2,1-2H3. The molecule has 4 nitrogen and oxygen atoms in total. The summed E-state index contributed by atoms with van der Waals surface area (Å²) in [6, 6.07) is 1.82. The molecule has 4 heteroatoms. The highest BCUT2D eigenvalue weighted by Gasteiger charge is 2.37. The van der Waals surface area contributed by atoms with E-state index in [1.165, 1.54) is 43.4 Å². The third-order valence-corrected chi connectivity index (χ3v) is 4.84. The van der Waals surface area contributed by atoms with E-state index in [2.05, 4.69) is 23.1 Å². The number of hydrogen-bond donors (Lipinski definition) is 1. The van der Waals surface area contributed by atoms with Crippen LogP contribution in [0.25, 0.3) is 0 Å². The van der Waals surface area contributed by atoms with Crippen LogP contribution in [0.5, 0.6) is 0 Å². The van der Waals surface area contributed by atoms with Crippen molar-refractivity contribution in [3.8, 4) is 0 Å². The van der Waals surface area contributed by atoms with Gasteiger partial charge in [-0.05, 0) is 32.1 Å². The number of nitrogens with two attached hydrogens (primary N) is 1. The van der Waals surface area contributed by atoms with Gasteiger partial charge in [0.2, 0.25) is 0 Å². The number of aromatic nitrogens is 2. The fraction of sp³-hybridized carbons (Fsp3) is 0.800. The fourth-order valence-electron chi connectivity index (χ4n) is 3.99. The summed E-state index contributed by atoms with van der Waals surface area (Å²) in [7, 11) is 2.02. The topological polar surface area (TPSA) is 47.1 Å². The molecule has 0 spiro atoms. The Morgan fingerprint density at radius 3 is 2.63 bits per heavy atom. The molecule has 2 saturated heterocycles. The van der Waals surface area contributed by atoms with E-state index in [9.17, 15) is 0 Å². The Bertz CT molecular complexity index is 425. The molecule has 2 unspecified atom stereocenters. The van der Waals surface area contributed by atoms with Gasteiger partial charge >= 0.3 is 0 Å². The molecule has 0 aliphatic carbocycles. The quantitative estimate of drug-likeness (QED) is 0.904. The molecule has 0 radical (unpaired) electrons. The van der Waals surface area contributed by atoms with Crippen molar-refractivity contribution in [2.45, 2.75) is 70.1 Å². The molecule has 3 rings (SSSR count). The van der Waals surface area contributed by atoms with Crippen molar-refractivity contribution < 1.29 is 0 Å². The molecule has 2 aliphatic rings. The summed E-state index contributed by atoms with van der Waals surface area (Å²) in [5, 5.41) is 4.57. The third kappa shape index (κ3) is 2.56. The Balaban J connectivity index is 1.78. The first-order valence-corrected chi connectivity index (χ1v) is 7.70. The SMILES string of the molecule is CCc1nn(C)cc1CN1C2CCCC1CC(N)C2. The molecule has 106 valence electrons. The highest BCUT2D eigenvalue weighted by atomic mass is 15.3. The van der Waals surface area contributed by atoms with E-state index in [0.29, 0.717) is 18.1 Å². The number of rotatable bonds is 3. The lowest BCUT2D eigenvalue weighted by molar-refractivity contribution is 0.0243. The molecule has 2 bridgehead atoms. The van der Waals surface area contributed by atoms with Gasteiger partial charge in [-0.25, -0.2) is 0 Å². The molecule has 0 saturated carbocycles. The number of nitrogens with zero attached hydrogens (tertiary/aromatic N) is 3. The molecule has 0 amide bonds. The molecule has 2 fully saturated rings. The maximum Gasteiger partial charge on any atom is 0.0666 e. The Labute approximate surface area is 116 Å². The Morgan fingerprint density at radius 1 is 1.32 bits per heavy atom. The zero-order valence-corrected chi connectivity index (χ0v) is 12.2. The van der Waals surface area contributed by atoms with Crippen LogP contribution in [0.4, 0.5) is 0 Å². The second-order valence-electron chi connectivity index (χ2n) is 6.27. The van der Waals surface area contributed by atoms with Crippen molar-refractivity contribution in [3.05, 3.63) is 17.5 Å². The van der Waals surface area contributed by atoms with E-state index in [4.69, 9.17) is 5.73 Å². The van der Waals surface area contributed by atoms with Crippen LogP contribution in [-0.2, 0) is 20.0 Å². The normalized spacial score (nSPS) is 31.6. The minimum absolute atomic E-state index is 0.422. The fourth-order valence-corrected chi connectivity index (χ4v) is 3.99. The molecule has 3 heterocycles. The van der Waals surface area contributed by atoms with E-state index in [-0.39, 0.29) is 0 Å². The monoisotopic (exact) mass is 262 g/mol. The summed E-state index contributed by atoms with van der Waals surface area (Å²) in [6.45, 7) is 3.26. The largest absolute Gasteiger partial charge is 0.328 e. The Morgan fingerprint density at radius 2 is 2.00 bits per heavy atom. The van der Waals surface area contributed by atoms with Crippen molar-refractivity contribution >= 4 is 0 Å². The summed E-state index contributed by atoms with van der Waals surface area (Å²) in [5.74, 6) is 0. The molecule has 19 heavy (non-hydrogen) atoms. The van der Waals surface area contributed by atoms with Crippen LogP contribution in [-0.4, -0.2) is 32.8 Å². The van der Waals surface area contributed by atoms with Crippen molar-refractivity contribution in [2.75, 3.05) is 0 Å². The van der Waals surface area contributed by atoms with Crippen molar-refractivity contribution in [3.63, 3.8) is 0 Å². The predicted octanol–water partition coefficient (Wildman–Crippen LogP) is 1.83. The lowest BCUT2D eigenvalue weighted by Gasteiger charge is -2.48. The lowest BCUT2D eigenvalue weighted by Crippen LogP contribution is -2.54. The van der Waals surface area contributed by atoms with E-state index in [1.54, 1.807) is 0 Å². The average molecular weight is 262 g/mol. The number of fused-ring (bicyclic) bond motifs is 2. The molecule has 2 N–H and O–H groups in total. The maximum atomic E-state index is 6.20. The van der Waals surface area contributed by atoms with E-state index >= 15 is 0 Å². The van der Waals surface area contributed by atoms with Gasteiger partial charge in [0.1, 0.15) is 0 Å². The van der Waals surface area contributed by atoms with Gasteiger partial charge in [0.05, 0.1) is 5.69 Å². The second-order valence-corrected chi connectivity index (χ2v) is 6.27. The van der Waals surface area contributed by atoms with Gasteiger partial charge in [0.15, 0.2) is 0 Å². The second kappa shape index (κ2) is 5.25. The zero-order chi connectivity index (χ0) is 13.4. The Hall–Kier alpha value is -0.870. The van der Waals surface area contributed by atoms with Gasteiger partial charge in [0.25, 0.3) is 0 Å². The van der Waals surface area contributed by atoms with Gasteiger partial charge in [-0.1, -0.05) is 13.3 Å². The molecule has 0 aromatic carbocycles. The van der Waals surface area contributed by atoms with Gasteiger partial charge in [0, 0.05) is 43.5 Å². The van der Waals surface area contributed by atoms with Gasteiger partial charge in [-0.2, -0.15) is 5.10 Å². The van der Waals surface area contributed by atoms with Gasteiger partial charge < -0.3 is 5.73 Å². The summed E-state index contributed by atoms with van der Waals surface area (Å²) >= 11 is 0. The average Bonchev–Trinajstić information content (AvgIpc) is 2.71. The van der Waals surface area contributed by atoms with Crippen LogP contribution in [0.3, 0.4) is 0 Å². The first-order valence-electron chi connectivity index (χ1n) is 7.70. The van der Waals surface area contributed by atoms with E-state index < -0.39 is 0 Å². The molecule has 1 aromatic rings. The predicted molar refractivity (Wildman–Crippen MR) is 76.8 cm³/mol. The van der Waals surface area contributed by atoms with Crippen LogP contribution in [0.2, 0.25) is 0 Å². The van der Waals surface area contributed by atoms with Crippen molar-refractivity contribution in [2.24, 2.45) is 12.8 Å². The van der Waals surface area contributed by atoms with E-state index in [0.717, 1.165) is 13.0 Å². The van der Waals surface area contributed by atoms with Gasteiger partial charge in [-0.15, -0.1) is 0 Å². The summed E-state index contributed by atoms with van der Waals surface area (Å²) < 4.78 is 1.96. The Kier molecular flexibility index (Phi) is 3.63. The highest BCUT2D eigenvalue weighted by molar-refractivity contribution is 5.17. The molecular weight excluding hydrogens is 236 g/mol. The molecular formula is C15H26N4. The molecule has 1 aromatic heterocycles. The molecule has 2 atom stereocenters. The highest BCUT2D eigenvalue weighted by Crippen LogP contribution is 2.34. The molecule has 2 aliphatic heterocycles. The number of piperidine rings is 2. The summed E-state index contributed by atoms with van der Waals surface area (Å²) in [6.07, 6.45) is 9.61. The minimum Gasteiger partial charge on any atom is -0.328 e. The first-order chi connectivity index (χ1) is 9.17. The zero-order valence-electron chi connectivity index (χ0n) is 12.2.